The van der Waals surface area contributed by atoms with Gasteiger partial charge in [0.2, 0.25) is 0 Å². The molecule has 12 heavy (non-hydrogen) atoms. The zero-order valence-corrected chi connectivity index (χ0v) is 8.16. The van der Waals surface area contributed by atoms with Gasteiger partial charge < -0.3 is 4.90 Å². The molecule has 0 heterocycles. The topological polar surface area (TPSA) is 3.24 Å². The second-order valence-corrected chi connectivity index (χ2v) is 3.38. The first-order chi connectivity index (χ1) is 7.34. The summed E-state index contributed by atoms with van der Waals surface area (Å²) in [6, 6.07) is 2.78. The molecule has 1 aromatic rings. The molecular weight excluding hydrogens is 216 g/mol. The molecule has 66 valence electrons. The van der Waals surface area contributed by atoms with E-state index in [4.69, 9.17) is 40.3 Å². The molecule has 0 bridgehead atoms. The van der Waals surface area contributed by atoms with Gasteiger partial charge >= 0.3 is 0 Å². The van der Waals surface area contributed by atoms with E-state index in [-0.39, 0.29) is 15.7 Å². The molecule has 0 spiro atoms. The third kappa shape index (κ3) is 1.98. The van der Waals surface area contributed by atoms with Gasteiger partial charge in [0.15, 0.2) is 0 Å². The van der Waals surface area contributed by atoms with E-state index in [1.165, 1.54) is 12.1 Å². The van der Waals surface area contributed by atoms with Crippen molar-refractivity contribution >= 4 is 40.5 Å². The third-order valence-electron chi connectivity index (χ3n) is 1.24. The lowest BCUT2D eigenvalue weighted by atomic mass is 10.3. The second-order valence-electron chi connectivity index (χ2n) is 2.13. The van der Waals surface area contributed by atoms with Crippen molar-refractivity contribution in [3.05, 3.63) is 27.2 Å². The van der Waals surface area contributed by atoms with Crippen LogP contribution in [0.4, 0.5) is 5.69 Å². The molecule has 0 aromatic heterocycles. The van der Waals surface area contributed by atoms with Crippen molar-refractivity contribution in [3.63, 3.8) is 0 Å². The Morgan fingerprint density at radius 2 is 1.67 bits per heavy atom. The van der Waals surface area contributed by atoms with Crippen molar-refractivity contribution < 1.29 is 5.48 Å². The van der Waals surface area contributed by atoms with Gasteiger partial charge in [-0.05, 0) is 12.1 Å². The van der Waals surface area contributed by atoms with Gasteiger partial charge in [0.25, 0.3) is 0 Å². The van der Waals surface area contributed by atoms with Gasteiger partial charge in [-0.3, -0.25) is 0 Å². The van der Waals surface area contributed by atoms with Gasteiger partial charge in [-0.15, -0.1) is 0 Å². The van der Waals surface area contributed by atoms with Crippen LogP contribution in [0, 0.1) is 0 Å². The Morgan fingerprint density at radius 3 is 2.08 bits per heavy atom. The van der Waals surface area contributed by atoms with Gasteiger partial charge in [-0.25, -0.2) is 0 Å². The molecule has 0 atom stereocenters. The zero-order valence-electron chi connectivity index (χ0n) is 9.89. The fourth-order valence-electron chi connectivity index (χ4n) is 0.781. The lowest BCUT2D eigenvalue weighted by Crippen LogP contribution is -2.09. The summed E-state index contributed by atoms with van der Waals surface area (Å²) in [6.45, 7) is -3.09. The Balaban J connectivity index is 3.29. The van der Waals surface area contributed by atoms with Crippen molar-refractivity contribution in [1.82, 2.24) is 0 Å². The van der Waals surface area contributed by atoms with Crippen LogP contribution >= 0.6 is 34.8 Å². The summed E-state index contributed by atoms with van der Waals surface area (Å²) in [7, 11) is 0. The van der Waals surface area contributed by atoms with Gasteiger partial charge in [-0.1, -0.05) is 34.8 Å². The van der Waals surface area contributed by atoms with E-state index in [1.807, 2.05) is 0 Å². The van der Waals surface area contributed by atoms with Crippen molar-refractivity contribution in [1.29, 1.82) is 0 Å². The molecule has 0 fully saturated rings. The number of rotatable bonds is 1. The lowest BCUT2D eigenvalue weighted by molar-refractivity contribution is 1.13. The SMILES string of the molecule is [2H]C([2H])N(c1c(Cl)cc(Cl)cc1Cl)C([2H])[2H]. The predicted molar refractivity (Wildman–Crippen MR) is 55.8 cm³/mol. The minimum absolute atomic E-state index is 0.109. The standard InChI is InChI=1S/C8H8Cl3N/c1-12(2)8-6(10)3-5(9)4-7(8)11/h3-4H,1-2H3/i1D2,2D2. The molecule has 1 rings (SSSR count). The van der Waals surface area contributed by atoms with Crippen molar-refractivity contribution in [3.8, 4) is 0 Å². The van der Waals surface area contributed by atoms with E-state index in [0.29, 0.717) is 5.02 Å². The Kier molecular flexibility index (Phi) is 1.74. The first-order valence-electron chi connectivity index (χ1n) is 5.27. The molecule has 0 saturated carbocycles. The van der Waals surface area contributed by atoms with Crippen molar-refractivity contribution in [2.75, 3.05) is 18.9 Å². The molecule has 0 radical (unpaired) electrons. The number of benzene rings is 1. The van der Waals surface area contributed by atoms with E-state index in [9.17, 15) is 0 Å². The maximum Gasteiger partial charge on any atom is 0.0740 e. The van der Waals surface area contributed by atoms with Crippen LogP contribution in [-0.4, -0.2) is 14.0 Å². The fourth-order valence-corrected chi connectivity index (χ4v) is 1.79. The molecule has 0 aliphatic carbocycles. The van der Waals surface area contributed by atoms with Crippen LogP contribution in [0.5, 0.6) is 0 Å². The number of halogens is 3. The highest BCUT2D eigenvalue weighted by molar-refractivity contribution is 6.41. The Bertz CT molecular complexity index is 355. The molecule has 0 N–H and O–H groups in total. The van der Waals surface area contributed by atoms with Crippen LogP contribution in [-0.2, 0) is 0 Å². The molecule has 0 amide bonds. The highest BCUT2D eigenvalue weighted by Gasteiger charge is 2.08. The monoisotopic (exact) mass is 227 g/mol. The molecule has 0 aliphatic heterocycles. The van der Waals surface area contributed by atoms with Gasteiger partial charge in [0.05, 0.1) is 15.7 Å². The normalized spacial score (nSPS) is 15.4. The highest BCUT2D eigenvalue weighted by atomic mass is 35.5. The smallest absolute Gasteiger partial charge is 0.0740 e. The van der Waals surface area contributed by atoms with Gasteiger partial charge in [0, 0.05) is 24.5 Å². The average Bonchev–Trinajstić information content (AvgIpc) is 2.09. The predicted octanol–water partition coefficient (Wildman–Crippen LogP) is 3.71. The number of hydrogen-bond donors (Lipinski definition) is 0. The first kappa shape index (κ1) is 5.58. The van der Waals surface area contributed by atoms with Gasteiger partial charge in [0.1, 0.15) is 0 Å². The van der Waals surface area contributed by atoms with Crippen LogP contribution in [0.15, 0.2) is 12.1 Å². The largest absolute Gasteiger partial charge is 0.375 e. The van der Waals surface area contributed by atoms with E-state index in [1.54, 1.807) is 0 Å². The Labute approximate surface area is 92.5 Å². The van der Waals surface area contributed by atoms with Crippen molar-refractivity contribution in [2.45, 2.75) is 0 Å². The molecule has 0 unspecified atom stereocenters. The summed E-state index contributed by atoms with van der Waals surface area (Å²) in [5.74, 6) is 0. The summed E-state index contributed by atoms with van der Waals surface area (Å²) in [4.78, 5) is 0.848. The van der Waals surface area contributed by atoms with Crippen LogP contribution < -0.4 is 4.90 Å². The second kappa shape index (κ2) is 3.73. The summed E-state index contributed by atoms with van der Waals surface area (Å²) in [5.41, 5.74) is 0.109. The Hall–Kier alpha value is -0.110. The summed E-state index contributed by atoms with van der Waals surface area (Å²) >= 11 is 17.5. The van der Waals surface area contributed by atoms with Crippen molar-refractivity contribution in [2.24, 2.45) is 0 Å². The maximum atomic E-state index is 7.25. The molecule has 1 nitrogen and oxygen atoms in total. The minimum atomic E-state index is -1.55. The molecule has 0 saturated heterocycles. The molecule has 1 aromatic carbocycles. The van der Waals surface area contributed by atoms with Crippen LogP contribution in [0.25, 0.3) is 0 Å². The summed E-state index contributed by atoms with van der Waals surface area (Å²) < 4.78 is 29.0. The maximum absolute atomic E-state index is 7.25. The van der Waals surface area contributed by atoms with E-state index in [2.05, 4.69) is 0 Å². The third-order valence-corrected chi connectivity index (χ3v) is 2.03. The Morgan fingerprint density at radius 1 is 1.17 bits per heavy atom. The first-order valence-corrected chi connectivity index (χ1v) is 4.10. The highest BCUT2D eigenvalue weighted by Crippen LogP contribution is 2.35. The summed E-state index contributed by atoms with van der Waals surface area (Å²) in [5, 5.41) is 0.551. The lowest BCUT2D eigenvalue weighted by Gasteiger charge is -2.16. The quantitative estimate of drug-likeness (QED) is 0.708. The van der Waals surface area contributed by atoms with Crippen LogP contribution in [0.1, 0.15) is 5.48 Å². The van der Waals surface area contributed by atoms with Gasteiger partial charge in [-0.2, -0.15) is 0 Å². The number of anilines is 1. The fraction of sp³-hybridized carbons (Fsp3) is 0.250. The molecular formula is C8H8Cl3N. The summed E-state index contributed by atoms with van der Waals surface area (Å²) in [6.07, 6.45) is 0. The number of hydrogen-bond acceptors (Lipinski definition) is 1. The minimum Gasteiger partial charge on any atom is -0.375 e. The molecule has 4 heteroatoms. The van der Waals surface area contributed by atoms with E-state index < -0.39 is 14.0 Å². The van der Waals surface area contributed by atoms with E-state index >= 15 is 0 Å². The van der Waals surface area contributed by atoms with Crippen LogP contribution in [0.3, 0.4) is 0 Å². The zero-order chi connectivity index (χ0) is 12.5. The molecule has 0 aliphatic rings. The van der Waals surface area contributed by atoms with E-state index in [0.717, 1.165) is 4.90 Å². The van der Waals surface area contributed by atoms with Crippen LogP contribution in [0.2, 0.25) is 15.1 Å². The number of nitrogens with zero attached hydrogens (tertiary/aromatic N) is 1. The average molecular weight is 229 g/mol.